The minimum atomic E-state index is -0.413. The van der Waals surface area contributed by atoms with E-state index in [2.05, 4.69) is 23.8 Å². The third-order valence-corrected chi connectivity index (χ3v) is 7.03. The Kier molecular flexibility index (Phi) is 6.20. The lowest BCUT2D eigenvalue weighted by Crippen LogP contribution is -2.27. The molecule has 1 aliphatic heterocycles. The van der Waals surface area contributed by atoms with E-state index in [-0.39, 0.29) is 5.91 Å². The van der Waals surface area contributed by atoms with E-state index in [9.17, 15) is 9.59 Å². The molecule has 1 fully saturated rings. The maximum absolute atomic E-state index is 12.1. The van der Waals surface area contributed by atoms with Crippen LogP contribution in [0.25, 0.3) is 10.2 Å². The zero-order valence-corrected chi connectivity index (χ0v) is 17.2. The van der Waals surface area contributed by atoms with Crippen molar-refractivity contribution in [3.8, 4) is 0 Å². The number of esters is 1. The van der Waals surface area contributed by atoms with Gasteiger partial charge in [0, 0.05) is 22.6 Å². The van der Waals surface area contributed by atoms with Crippen molar-refractivity contribution in [3.05, 3.63) is 27.9 Å². The first-order valence-corrected chi connectivity index (χ1v) is 10.9. The number of carbonyl (C=O) groups excluding carboxylic acids is 2. The predicted molar refractivity (Wildman–Crippen MR) is 107 cm³/mol. The maximum atomic E-state index is 12.1. The van der Waals surface area contributed by atoms with Gasteiger partial charge in [-0.2, -0.15) is 0 Å². The van der Waals surface area contributed by atoms with Crippen LogP contribution in [0.4, 0.5) is 0 Å². The minimum Gasteiger partial charge on any atom is -0.463 e. The number of carbonyl (C=O) groups is 2. The van der Waals surface area contributed by atoms with Gasteiger partial charge in [-0.15, -0.1) is 23.1 Å². The van der Waals surface area contributed by atoms with Crippen molar-refractivity contribution in [2.75, 3.05) is 24.7 Å². The van der Waals surface area contributed by atoms with Crippen molar-refractivity contribution in [1.29, 1.82) is 0 Å². The first kappa shape index (κ1) is 19.2. The molecular weight excluding hydrogens is 390 g/mol. The number of hydrogen-bond donors (Lipinski definition) is 0. The van der Waals surface area contributed by atoms with Crippen molar-refractivity contribution < 1.29 is 14.3 Å². The molecule has 0 aromatic carbocycles. The molecule has 0 saturated carbocycles. The highest BCUT2D eigenvalue weighted by molar-refractivity contribution is 8.04. The Morgan fingerprint density at radius 3 is 3.00 bits per heavy atom. The first-order valence-electron chi connectivity index (χ1n) is 8.16. The van der Waals surface area contributed by atoms with Gasteiger partial charge in [0.2, 0.25) is 5.91 Å². The summed E-state index contributed by atoms with van der Waals surface area (Å²) in [5.74, 6) is 0.648. The molecule has 1 amide bonds. The number of aryl methyl sites for hydroxylation is 2. The molecule has 2 aromatic rings. The molecule has 26 heavy (non-hydrogen) atoms. The molecule has 6 nitrogen and oxygen atoms in total. The van der Waals surface area contributed by atoms with Crippen molar-refractivity contribution in [1.82, 2.24) is 14.9 Å². The topological polar surface area (TPSA) is 72.4 Å². The highest BCUT2D eigenvalue weighted by atomic mass is 32.2. The SMILES string of the molecule is CCOC(=O)/C=C1\SCC(=O)N1CCSc1ncnc2sc(C)c(C)c12. The summed E-state index contributed by atoms with van der Waals surface area (Å²) >= 11 is 4.65. The molecule has 0 bridgehead atoms. The highest BCUT2D eigenvalue weighted by Crippen LogP contribution is 2.35. The molecule has 9 heteroatoms. The number of fused-ring (bicyclic) bond motifs is 1. The second kappa shape index (κ2) is 8.41. The van der Waals surface area contributed by atoms with E-state index in [1.165, 1.54) is 28.3 Å². The lowest BCUT2D eigenvalue weighted by molar-refractivity contribution is -0.137. The number of hydrogen-bond acceptors (Lipinski definition) is 8. The second-order valence-electron chi connectivity index (χ2n) is 5.56. The van der Waals surface area contributed by atoms with Crippen LogP contribution in [0.5, 0.6) is 0 Å². The fourth-order valence-corrected chi connectivity index (χ4v) is 5.55. The summed E-state index contributed by atoms with van der Waals surface area (Å²) in [6.45, 7) is 6.77. The Labute approximate surface area is 164 Å². The first-order chi connectivity index (χ1) is 12.5. The zero-order valence-electron chi connectivity index (χ0n) is 14.8. The molecule has 0 atom stereocenters. The van der Waals surface area contributed by atoms with Gasteiger partial charge in [-0.3, -0.25) is 4.79 Å². The fourth-order valence-electron chi connectivity index (χ4n) is 2.55. The monoisotopic (exact) mass is 409 g/mol. The summed E-state index contributed by atoms with van der Waals surface area (Å²) in [7, 11) is 0. The molecular formula is C17H19N3O3S3. The predicted octanol–water partition coefficient (Wildman–Crippen LogP) is 3.38. The van der Waals surface area contributed by atoms with Gasteiger partial charge in [-0.1, -0.05) is 11.8 Å². The molecule has 3 heterocycles. The Morgan fingerprint density at radius 2 is 2.23 bits per heavy atom. The van der Waals surface area contributed by atoms with E-state index in [0.29, 0.717) is 29.7 Å². The largest absolute Gasteiger partial charge is 0.463 e. The summed E-state index contributed by atoms with van der Waals surface area (Å²) < 4.78 is 4.94. The summed E-state index contributed by atoms with van der Waals surface area (Å²) in [6, 6.07) is 0. The molecule has 0 unspecified atom stereocenters. The number of amides is 1. The Balaban J connectivity index is 1.69. The van der Waals surface area contributed by atoms with Gasteiger partial charge in [0.25, 0.3) is 0 Å². The van der Waals surface area contributed by atoms with E-state index < -0.39 is 5.97 Å². The van der Waals surface area contributed by atoms with Crippen LogP contribution in [0.15, 0.2) is 22.5 Å². The van der Waals surface area contributed by atoms with E-state index in [1.807, 2.05) is 0 Å². The summed E-state index contributed by atoms with van der Waals surface area (Å²) in [4.78, 5) is 36.4. The molecule has 3 rings (SSSR count). The van der Waals surface area contributed by atoms with Crippen LogP contribution in [-0.4, -0.2) is 51.4 Å². The standard InChI is InChI=1S/C17H19N3O3S3/c1-4-23-14(22)7-13-20(12(21)8-25-13)5-6-24-16-15-10(2)11(3)26-17(15)19-9-18-16/h7,9H,4-6,8H2,1-3H3/b13-7-. The average molecular weight is 410 g/mol. The number of ether oxygens (including phenoxy) is 1. The number of aromatic nitrogens is 2. The highest BCUT2D eigenvalue weighted by Gasteiger charge is 2.27. The summed E-state index contributed by atoms with van der Waals surface area (Å²) in [6.07, 6.45) is 2.99. The van der Waals surface area contributed by atoms with Gasteiger partial charge in [0.15, 0.2) is 0 Å². The zero-order chi connectivity index (χ0) is 18.7. The molecule has 1 saturated heterocycles. The Morgan fingerprint density at radius 1 is 1.42 bits per heavy atom. The molecule has 0 N–H and O–H groups in total. The Bertz CT molecular complexity index is 879. The molecule has 2 aromatic heterocycles. The van der Waals surface area contributed by atoms with Crippen molar-refractivity contribution >= 4 is 57.0 Å². The van der Waals surface area contributed by atoms with Crippen molar-refractivity contribution in [3.63, 3.8) is 0 Å². The lowest BCUT2D eigenvalue weighted by Gasteiger charge is -2.16. The van der Waals surface area contributed by atoms with Gasteiger partial charge >= 0.3 is 5.97 Å². The normalized spacial score (nSPS) is 16.0. The van der Waals surface area contributed by atoms with Gasteiger partial charge in [0.1, 0.15) is 16.2 Å². The number of rotatable bonds is 6. The van der Waals surface area contributed by atoms with E-state index >= 15 is 0 Å². The molecule has 1 aliphatic rings. The van der Waals surface area contributed by atoms with Crippen LogP contribution in [-0.2, 0) is 14.3 Å². The number of thioether (sulfide) groups is 2. The number of thiophene rings is 1. The van der Waals surface area contributed by atoms with E-state index in [4.69, 9.17) is 4.74 Å². The quantitative estimate of drug-likeness (QED) is 0.313. The van der Waals surface area contributed by atoms with Crippen LogP contribution in [0.3, 0.4) is 0 Å². The Hall–Kier alpha value is -1.58. The maximum Gasteiger partial charge on any atom is 0.333 e. The molecule has 0 aliphatic carbocycles. The van der Waals surface area contributed by atoms with Gasteiger partial charge in [-0.25, -0.2) is 14.8 Å². The van der Waals surface area contributed by atoms with E-state index in [0.717, 1.165) is 15.2 Å². The third-order valence-electron chi connectivity index (χ3n) is 3.92. The molecule has 0 radical (unpaired) electrons. The molecule has 0 spiro atoms. The summed E-state index contributed by atoms with van der Waals surface area (Å²) in [5, 5.41) is 2.70. The van der Waals surface area contributed by atoms with Crippen molar-refractivity contribution in [2.24, 2.45) is 0 Å². The van der Waals surface area contributed by atoms with Crippen LogP contribution in [0.2, 0.25) is 0 Å². The second-order valence-corrected chi connectivity index (χ2v) is 8.84. The minimum absolute atomic E-state index is 0.0153. The van der Waals surface area contributed by atoms with Crippen LogP contribution >= 0.6 is 34.9 Å². The van der Waals surface area contributed by atoms with Gasteiger partial charge < -0.3 is 9.64 Å². The van der Waals surface area contributed by atoms with Gasteiger partial charge in [0.05, 0.1) is 23.5 Å². The van der Waals surface area contributed by atoms with Gasteiger partial charge in [-0.05, 0) is 26.3 Å². The average Bonchev–Trinajstić information content (AvgIpc) is 3.09. The molecule has 138 valence electrons. The van der Waals surface area contributed by atoms with Crippen molar-refractivity contribution in [2.45, 2.75) is 25.8 Å². The van der Waals surface area contributed by atoms with E-state index in [1.54, 1.807) is 41.2 Å². The fraction of sp³-hybridized carbons (Fsp3) is 0.412. The van der Waals surface area contributed by atoms with Crippen LogP contribution in [0.1, 0.15) is 17.4 Å². The lowest BCUT2D eigenvalue weighted by atomic mass is 10.2. The van der Waals surface area contributed by atoms with Crippen LogP contribution in [0, 0.1) is 13.8 Å². The third kappa shape index (κ3) is 4.05. The number of nitrogens with zero attached hydrogens (tertiary/aromatic N) is 3. The smallest absolute Gasteiger partial charge is 0.333 e. The van der Waals surface area contributed by atoms with Crippen LogP contribution < -0.4 is 0 Å². The summed E-state index contributed by atoms with van der Waals surface area (Å²) in [5.41, 5.74) is 1.21.